The van der Waals surface area contributed by atoms with Crippen LogP contribution in [0, 0.1) is 6.92 Å². The molecular formula is C40H41N5O4S. The number of anilines is 2. The molecule has 50 heavy (non-hydrogen) atoms. The van der Waals surface area contributed by atoms with Crippen LogP contribution in [0.5, 0.6) is 0 Å². The highest BCUT2D eigenvalue weighted by atomic mass is 32.2. The Morgan fingerprint density at radius 2 is 1.46 bits per heavy atom. The molecule has 0 radical (unpaired) electrons. The van der Waals surface area contributed by atoms with Crippen molar-refractivity contribution in [3.05, 3.63) is 142 Å². The van der Waals surface area contributed by atoms with Crippen LogP contribution in [0.1, 0.15) is 55.6 Å². The molecule has 0 unspecified atom stereocenters. The average molecular weight is 688 g/mol. The number of carbonyl (C=O) groups excluding carboxylic acids is 2. The van der Waals surface area contributed by atoms with E-state index in [1.807, 2.05) is 90.2 Å². The van der Waals surface area contributed by atoms with E-state index in [1.165, 1.54) is 9.87 Å². The fourth-order valence-electron chi connectivity index (χ4n) is 7.13. The molecular weight excluding hydrogens is 647 g/mol. The maximum Gasteiger partial charge on any atom is 0.301 e. The van der Waals surface area contributed by atoms with E-state index in [2.05, 4.69) is 23.8 Å². The Hall–Kier alpha value is -5.19. The maximum atomic E-state index is 14.7. The predicted molar refractivity (Wildman–Crippen MR) is 197 cm³/mol. The van der Waals surface area contributed by atoms with Crippen molar-refractivity contribution in [2.24, 2.45) is 7.05 Å². The number of para-hydroxylation sites is 2. The number of rotatable bonds is 7. The molecule has 0 fully saturated rings. The molecule has 1 atom stereocenters. The van der Waals surface area contributed by atoms with Gasteiger partial charge >= 0.3 is 10.2 Å². The summed E-state index contributed by atoms with van der Waals surface area (Å²) >= 11 is 0. The van der Waals surface area contributed by atoms with Crippen molar-refractivity contribution in [3.8, 4) is 11.3 Å². The molecule has 0 saturated carbocycles. The third-order valence-electron chi connectivity index (χ3n) is 10.2. The first-order valence-electron chi connectivity index (χ1n) is 16.9. The van der Waals surface area contributed by atoms with E-state index in [-0.39, 0.29) is 24.4 Å². The van der Waals surface area contributed by atoms with Crippen molar-refractivity contribution in [2.45, 2.75) is 45.8 Å². The maximum absolute atomic E-state index is 14.7. The Morgan fingerprint density at radius 1 is 0.800 bits per heavy atom. The zero-order valence-electron chi connectivity index (χ0n) is 28.8. The lowest BCUT2D eigenvalue weighted by Gasteiger charge is -2.36. The number of benzene rings is 4. The average Bonchev–Trinajstić information content (AvgIpc) is 3.43. The Labute approximate surface area is 293 Å². The van der Waals surface area contributed by atoms with Gasteiger partial charge in [-0.1, -0.05) is 60.7 Å². The van der Waals surface area contributed by atoms with E-state index in [9.17, 15) is 18.0 Å². The van der Waals surface area contributed by atoms with E-state index in [1.54, 1.807) is 36.2 Å². The molecule has 3 heterocycles. The minimum absolute atomic E-state index is 0.0416. The van der Waals surface area contributed by atoms with Crippen LogP contribution in [0.3, 0.4) is 0 Å². The van der Waals surface area contributed by atoms with Crippen LogP contribution in [-0.4, -0.2) is 53.6 Å². The molecule has 9 nitrogen and oxygen atoms in total. The number of amides is 2. The van der Waals surface area contributed by atoms with Gasteiger partial charge in [0.25, 0.3) is 11.8 Å². The van der Waals surface area contributed by atoms with Gasteiger partial charge in [0.2, 0.25) is 0 Å². The van der Waals surface area contributed by atoms with Gasteiger partial charge in [0, 0.05) is 73.7 Å². The summed E-state index contributed by atoms with van der Waals surface area (Å²) in [5.74, 6) is -0.269. The Balaban J connectivity index is 1.29. The highest BCUT2D eigenvalue weighted by Crippen LogP contribution is 2.36. The molecule has 1 N–H and O–H groups in total. The predicted octanol–water partition coefficient (Wildman–Crippen LogP) is 6.58. The fraction of sp³-hybridized carbons (Fsp3) is 0.250. The standard InChI is InChI=1S/C40H41N5O4S/c1-27-21-29-13-11-12-14-31(29)26-45(27)40(47)37-23-32-25-44(50(48,49)41-33-15-7-5-8-16-33)20-19-30(32)22-36(37)38-24-35(28(2)42(38)3)39(46)43(4)34-17-9-6-10-18-34/h5-18,22-24,27,41H,19-21,25-26H2,1-4H3/t27-/m1/s1. The fourth-order valence-corrected chi connectivity index (χ4v) is 8.33. The molecule has 7 rings (SSSR count). The third-order valence-corrected chi connectivity index (χ3v) is 11.7. The molecule has 256 valence electrons. The topological polar surface area (TPSA) is 95.0 Å². The number of hydrogen-bond acceptors (Lipinski definition) is 4. The minimum atomic E-state index is -3.85. The Kier molecular flexibility index (Phi) is 8.84. The van der Waals surface area contributed by atoms with Gasteiger partial charge in [-0.25, -0.2) is 0 Å². The normalized spacial score (nSPS) is 16.0. The number of nitrogens with zero attached hydrogens (tertiary/aromatic N) is 4. The van der Waals surface area contributed by atoms with Crippen LogP contribution in [0.2, 0.25) is 0 Å². The zero-order chi connectivity index (χ0) is 35.2. The van der Waals surface area contributed by atoms with Crippen molar-refractivity contribution < 1.29 is 18.0 Å². The molecule has 0 saturated heterocycles. The van der Waals surface area contributed by atoms with Crippen molar-refractivity contribution in [1.29, 1.82) is 0 Å². The van der Waals surface area contributed by atoms with E-state index in [4.69, 9.17) is 0 Å². The second-order valence-electron chi connectivity index (χ2n) is 13.3. The van der Waals surface area contributed by atoms with Crippen molar-refractivity contribution >= 4 is 33.4 Å². The van der Waals surface area contributed by atoms with Gasteiger partial charge in [-0.3, -0.25) is 14.3 Å². The van der Waals surface area contributed by atoms with Crippen LogP contribution in [0.4, 0.5) is 11.4 Å². The number of hydrogen-bond donors (Lipinski definition) is 1. The third kappa shape index (κ3) is 6.21. The lowest BCUT2D eigenvalue weighted by molar-refractivity contribution is 0.0658. The Morgan fingerprint density at radius 3 is 2.18 bits per heavy atom. The lowest BCUT2D eigenvalue weighted by Crippen LogP contribution is -2.43. The van der Waals surface area contributed by atoms with Crippen LogP contribution in [0.25, 0.3) is 11.3 Å². The molecule has 2 aliphatic rings. The minimum Gasteiger partial charge on any atom is -0.347 e. The van der Waals surface area contributed by atoms with Gasteiger partial charge in [0.15, 0.2) is 0 Å². The van der Waals surface area contributed by atoms with E-state index >= 15 is 0 Å². The monoisotopic (exact) mass is 687 g/mol. The number of aromatic nitrogens is 1. The first kappa shape index (κ1) is 33.3. The van der Waals surface area contributed by atoms with E-state index in [0.717, 1.165) is 45.7 Å². The SMILES string of the molecule is Cc1c(C(=O)N(C)c2ccccc2)cc(-c2cc3c(cc2C(=O)N2Cc4ccccc4C[C@H]2C)CN(S(=O)(=O)Nc2ccccc2)CC3)n1C. The highest BCUT2D eigenvalue weighted by molar-refractivity contribution is 7.90. The molecule has 0 spiro atoms. The largest absolute Gasteiger partial charge is 0.347 e. The first-order chi connectivity index (χ1) is 24.0. The second kappa shape index (κ2) is 13.3. The second-order valence-corrected chi connectivity index (χ2v) is 14.9. The Bertz CT molecular complexity index is 2200. The first-order valence-corrected chi connectivity index (χ1v) is 18.3. The van der Waals surface area contributed by atoms with Gasteiger partial charge in [-0.15, -0.1) is 0 Å². The summed E-state index contributed by atoms with van der Waals surface area (Å²) in [6.45, 7) is 4.89. The number of fused-ring (bicyclic) bond motifs is 2. The van der Waals surface area contributed by atoms with Gasteiger partial charge < -0.3 is 14.4 Å². The molecule has 0 aliphatic carbocycles. The summed E-state index contributed by atoms with van der Waals surface area (Å²) in [6, 6.07) is 32.3. The summed E-state index contributed by atoms with van der Waals surface area (Å²) in [7, 11) is -0.164. The van der Waals surface area contributed by atoms with E-state index in [0.29, 0.717) is 36.3 Å². The molecule has 1 aromatic heterocycles. The molecule has 2 aliphatic heterocycles. The van der Waals surface area contributed by atoms with Crippen LogP contribution in [-0.2, 0) is 43.2 Å². The molecule has 2 amide bonds. The lowest BCUT2D eigenvalue weighted by atomic mass is 9.90. The van der Waals surface area contributed by atoms with Crippen molar-refractivity contribution in [3.63, 3.8) is 0 Å². The highest BCUT2D eigenvalue weighted by Gasteiger charge is 2.33. The summed E-state index contributed by atoms with van der Waals surface area (Å²) in [5, 5.41) is 0. The molecule has 5 aromatic rings. The van der Waals surface area contributed by atoms with Crippen molar-refractivity contribution in [2.75, 3.05) is 23.2 Å². The van der Waals surface area contributed by atoms with Gasteiger partial charge in [-0.2, -0.15) is 12.7 Å². The molecule has 4 aromatic carbocycles. The van der Waals surface area contributed by atoms with Crippen LogP contribution >= 0.6 is 0 Å². The van der Waals surface area contributed by atoms with Gasteiger partial charge in [0.1, 0.15) is 0 Å². The smallest absolute Gasteiger partial charge is 0.301 e. The van der Waals surface area contributed by atoms with Crippen LogP contribution in [0.15, 0.2) is 103 Å². The summed E-state index contributed by atoms with van der Waals surface area (Å²) in [5.41, 5.74) is 8.71. The number of carbonyl (C=O) groups is 2. The van der Waals surface area contributed by atoms with Crippen molar-refractivity contribution in [1.82, 2.24) is 13.8 Å². The zero-order valence-corrected chi connectivity index (χ0v) is 29.6. The molecule has 0 bridgehead atoms. The summed E-state index contributed by atoms with van der Waals surface area (Å²) < 4.78 is 33.1. The van der Waals surface area contributed by atoms with Crippen LogP contribution < -0.4 is 9.62 Å². The van der Waals surface area contributed by atoms with Gasteiger partial charge in [-0.05, 0) is 91.4 Å². The van der Waals surface area contributed by atoms with Gasteiger partial charge in [0.05, 0.1) is 5.56 Å². The summed E-state index contributed by atoms with van der Waals surface area (Å²) in [6.07, 6.45) is 1.22. The summed E-state index contributed by atoms with van der Waals surface area (Å²) in [4.78, 5) is 32.1. The quantitative estimate of drug-likeness (QED) is 0.209. The molecule has 10 heteroatoms. The van der Waals surface area contributed by atoms with E-state index < -0.39 is 10.2 Å². The number of nitrogens with one attached hydrogen (secondary N) is 1.